The van der Waals surface area contributed by atoms with Crippen LogP contribution in [0, 0.1) is 38.3 Å². The van der Waals surface area contributed by atoms with Crippen molar-refractivity contribution in [3.05, 3.63) is 95.2 Å². The molecule has 1 aromatic heterocycles. The van der Waals surface area contributed by atoms with Crippen molar-refractivity contribution in [1.29, 1.82) is 0 Å². The van der Waals surface area contributed by atoms with Crippen LogP contribution in [0.4, 0.5) is 5.69 Å². The van der Waals surface area contributed by atoms with Crippen LogP contribution in [0.25, 0.3) is 37.6 Å². The van der Waals surface area contributed by atoms with E-state index in [1.807, 2.05) is 30.5 Å². The average molecular weight is 736 g/mol. The Labute approximate surface area is 263 Å². The second-order valence-electron chi connectivity index (χ2n) is 11.7. The van der Waals surface area contributed by atoms with Gasteiger partial charge in [0.15, 0.2) is 11.5 Å². The molecule has 0 amide bonds. The summed E-state index contributed by atoms with van der Waals surface area (Å²) < 4.78 is 0. The number of aromatic nitrogens is 1. The number of rotatable bonds is 4. The quantitative estimate of drug-likeness (QED) is 0.0983. The number of ketones is 1. The molecule has 0 unspecified atom stereocenters. The van der Waals surface area contributed by atoms with Crippen LogP contribution in [0.15, 0.2) is 66.6 Å². The summed E-state index contributed by atoms with van der Waals surface area (Å²) in [7, 11) is 0. The van der Waals surface area contributed by atoms with Crippen LogP contribution in [0.2, 0.25) is 0 Å². The second-order valence-corrected chi connectivity index (χ2v) is 11.7. The molecule has 1 radical (unpaired) electrons. The van der Waals surface area contributed by atoms with Crippen molar-refractivity contribution in [2.75, 3.05) is 0 Å². The molecule has 1 heterocycles. The number of benzene rings is 3. The zero-order chi connectivity index (χ0) is 28.8. The second kappa shape index (κ2) is 14.7. The molecule has 42 heavy (non-hydrogen) atoms. The normalized spacial score (nSPS) is 16.3. The molecule has 4 aromatic rings. The number of hydrogen-bond acceptors (Lipinski definition) is 3. The van der Waals surface area contributed by atoms with Crippen molar-refractivity contribution in [2.45, 2.75) is 78.1 Å². The van der Waals surface area contributed by atoms with Crippen LogP contribution in [-0.4, -0.2) is 15.9 Å². The van der Waals surface area contributed by atoms with Gasteiger partial charge in [-0.3, -0.25) is 4.79 Å². The third-order valence-electron chi connectivity index (χ3n) is 8.61. The predicted octanol–water partition coefficient (Wildman–Crippen LogP) is 10.2. The van der Waals surface area contributed by atoms with Gasteiger partial charge in [-0.15, -0.1) is 34.9 Å². The maximum atomic E-state index is 12.0. The maximum absolute atomic E-state index is 12.0. The number of aliphatic hydroxyl groups is 1. The Bertz CT molecular complexity index is 1600. The van der Waals surface area contributed by atoms with Crippen molar-refractivity contribution in [2.24, 2.45) is 11.8 Å². The zero-order valence-electron chi connectivity index (χ0n) is 24.6. The van der Waals surface area contributed by atoms with Gasteiger partial charge in [-0.25, -0.2) is 4.85 Å². The molecule has 2 saturated carbocycles. The fourth-order valence-corrected chi connectivity index (χ4v) is 6.51. The van der Waals surface area contributed by atoms with Crippen LogP contribution in [0.3, 0.4) is 0 Å². The largest absolute Gasteiger partial charge is 0.512 e. The van der Waals surface area contributed by atoms with Crippen molar-refractivity contribution in [1.82, 2.24) is 4.98 Å². The van der Waals surface area contributed by atoms with E-state index in [-0.39, 0.29) is 37.7 Å². The molecule has 5 heteroatoms. The topological polar surface area (TPSA) is 54.5 Å². The number of nitrogens with zero attached hydrogens (tertiary/aromatic N) is 2. The average Bonchev–Trinajstić information content (AvgIpc) is 3.01. The van der Waals surface area contributed by atoms with Gasteiger partial charge in [0.25, 0.3) is 0 Å². The summed E-state index contributed by atoms with van der Waals surface area (Å²) in [5.41, 5.74) is 4.90. The number of pyridine rings is 1. The summed E-state index contributed by atoms with van der Waals surface area (Å²) in [6.45, 7) is 11.6. The molecule has 4 nitrogen and oxygen atoms in total. The first-order chi connectivity index (χ1) is 19.9. The number of fused-ring (bicyclic) bond motifs is 3. The standard InChI is InChI=1S/C22H15N2.C15H24O2.Ir/c1-14-11-15(2)13-17(12-14)22-21-16(9-10-24-22)7-8-18-19(21)5-4-6-20(18)23-3;16-14(12-7-3-1-4-8-12)11-15(17)13-9-5-2-6-10-13;/h4-12H,1-2H3;11-13,16H,1-10H2;/q-1;;/b;14-11-;. The molecule has 0 saturated heterocycles. The summed E-state index contributed by atoms with van der Waals surface area (Å²) in [6, 6.07) is 19.6. The van der Waals surface area contributed by atoms with Gasteiger partial charge in [-0.1, -0.05) is 82.7 Å². The first-order valence-corrected chi connectivity index (χ1v) is 15.1. The Balaban J connectivity index is 0.000000200. The minimum Gasteiger partial charge on any atom is -0.512 e. The minimum absolute atomic E-state index is 0. The van der Waals surface area contributed by atoms with E-state index in [4.69, 9.17) is 6.57 Å². The first-order valence-electron chi connectivity index (χ1n) is 15.1. The molecule has 2 aliphatic rings. The van der Waals surface area contributed by atoms with E-state index < -0.39 is 0 Å². The van der Waals surface area contributed by atoms with Crippen LogP contribution in [-0.2, 0) is 24.9 Å². The first kappa shape index (κ1) is 31.6. The van der Waals surface area contributed by atoms with E-state index in [1.165, 1.54) is 44.1 Å². The summed E-state index contributed by atoms with van der Waals surface area (Å²) in [5, 5.41) is 14.3. The summed E-state index contributed by atoms with van der Waals surface area (Å²) in [6.07, 6.45) is 14.8. The van der Waals surface area contributed by atoms with Crippen molar-refractivity contribution >= 4 is 33.0 Å². The SMILES string of the molecule is O=C(/C=C(\O)C1CCCCC1)C1CCCCC1.[C-]#[N+]c1cccc2c1ccc1ccnc(-c3[c-]c(C)cc(C)c3)c12.[Ir]. The summed E-state index contributed by atoms with van der Waals surface area (Å²) in [5.74, 6) is 0.985. The molecule has 0 spiro atoms. The molecule has 2 fully saturated rings. The molecule has 0 bridgehead atoms. The Morgan fingerprint density at radius 3 is 2.29 bits per heavy atom. The Morgan fingerprint density at radius 1 is 0.929 bits per heavy atom. The molecule has 6 rings (SSSR count). The molecular formula is C37H39IrN2O2-. The fraction of sp³-hybridized carbons (Fsp3) is 0.378. The van der Waals surface area contributed by atoms with E-state index in [0.717, 1.165) is 64.0 Å². The number of allylic oxidation sites excluding steroid dienone is 2. The Kier molecular flexibility index (Phi) is 11.1. The van der Waals surface area contributed by atoms with Crippen LogP contribution in [0.5, 0.6) is 0 Å². The molecule has 1 N–H and O–H groups in total. The van der Waals surface area contributed by atoms with Gasteiger partial charge in [-0.2, -0.15) is 0 Å². The maximum Gasteiger partial charge on any atom is 0.194 e. The minimum atomic E-state index is 0. The van der Waals surface area contributed by atoms with E-state index in [2.05, 4.69) is 54.0 Å². The number of hydrogen-bond donors (Lipinski definition) is 1. The number of carbonyl (C=O) groups is 1. The van der Waals surface area contributed by atoms with Crippen molar-refractivity contribution in [3.63, 3.8) is 0 Å². The van der Waals surface area contributed by atoms with Gasteiger partial charge in [0.2, 0.25) is 0 Å². The smallest absolute Gasteiger partial charge is 0.194 e. The Hall–Kier alpha value is -3.32. The predicted molar refractivity (Wildman–Crippen MR) is 168 cm³/mol. The molecule has 3 aromatic carbocycles. The van der Waals surface area contributed by atoms with Crippen molar-refractivity contribution < 1.29 is 30.0 Å². The summed E-state index contributed by atoms with van der Waals surface area (Å²) >= 11 is 0. The van der Waals surface area contributed by atoms with Crippen LogP contribution >= 0.6 is 0 Å². The molecule has 2 aliphatic carbocycles. The van der Waals surface area contributed by atoms with E-state index in [1.54, 1.807) is 6.08 Å². The van der Waals surface area contributed by atoms with Crippen LogP contribution < -0.4 is 0 Å². The summed E-state index contributed by atoms with van der Waals surface area (Å²) in [4.78, 5) is 20.3. The third-order valence-corrected chi connectivity index (χ3v) is 8.61. The monoisotopic (exact) mass is 736 g/mol. The number of aliphatic hydroxyl groups excluding tert-OH is 1. The van der Waals surface area contributed by atoms with Gasteiger partial charge in [0.1, 0.15) is 0 Å². The molecule has 0 atom stereocenters. The van der Waals surface area contributed by atoms with Crippen LogP contribution in [0.1, 0.15) is 75.3 Å². The Morgan fingerprint density at radius 2 is 1.62 bits per heavy atom. The van der Waals surface area contributed by atoms with Gasteiger partial charge >= 0.3 is 0 Å². The van der Waals surface area contributed by atoms with E-state index in [0.29, 0.717) is 11.4 Å². The molecular weight excluding hydrogens is 697 g/mol. The zero-order valence-corrected chi connectivity index (χ0v) is 27.0. The number of carbonyl (C=O) groups excluding carboxylic acids is 1. The number of aryl methyl sites for hydroxylation is 2. The van der Waals surface area contributed by atoms with Gasteiger partial charge in [-0.05, 0) is 59.0 Å². The van der Waals surface area contributed by atoms with E-state index in [9.17, 15) is 9.90 Å². The van der Waals surface area contributed by atoms with Gasteiger partial charge in [0, 0.05) is 44.2 Å². The van der Waals surface area contributed by atoms with Gasteiger partial charge in [0.05, 0.1) is 12.3 Å². The fourth-order valence-electron chi connectivity index (χ4n) is 6.51. The van der Waals surface area contributed by atoms with Crippen molar-refractivity contribution in [3.8, 4) is 11.3 Å². The third kappa shape index (κ3) is 7.35. The van der Waals surface area contributed by atoms with E-state index >= 15 is 0 Å². The molecule has 219 valence electrons. The van der Waals surface area contributed by atoms with Gasteiger partial charge < -0.3 is 10.1 Å². The molecule has 0 aliphatic heterocycles.